The number of carbonyl (C=O) groups excluding carboxylic acids is 2. The van der Waals surface area contributed by atoms with Crippen molar-refractivity contribution >= 4 is 23.6 Å². The largest absolute Gasteiger partial charge is 0.493 e. The average Bonchev–Trinajstić information content (AvgIpc) is 2.60. The number of ether oxygens (including phenoxy) is 2. The highest BCUT2D eigenvalue weighted by Crippen LogP contribution is 2.34. The Kier molecular flexibility index (Phi) is 6.36. The molecule has 1 aromatic carbocycles. The van der Waals surface area contributed by atoms with Crippen molar-refractivity contribution in [3.8, 4) is 11.5 Å². The van der Waals surface area contributed by atoms with E-state index in [0.29, 0.717) is 37.4 Å². The lowest BCUT2D eigenvalue weighted by atomic mass is 9.96. The summed E-state index contributed by atoms with van der Waals surface area (Å²) >= 11 is 1.48. The average molecular weight is 352 g/mol. The van der Waals surface area contributed by atoms with Gasteiger partial charge in [0, 0.05) is 23.9 Å². The van der Waals surface area contributed by atoms with E-state index < -0.39 is 0 Å². The summed E-state index contributed by atoms with van der Waals surface area (Å²) in [7, 11) is 3.18. The standard InChI is InChI=1S/C17H24N2O4S/c1-11(17(21)19-8-6-12(7-9-19)16(18)20)24-13-4-5-14(22-2)15(10-13)23-3/h4-5,10-12H,6-9H2,1-3H3,(H2,18,20)/t11-/m1/s1. The number of likely N-dealkylation sites (tertiary alicyclic amines) is 1. The van der Waals surface area contributed by atoms with E-state index >= 15 is 0 Å². The van der Waals surface area contributed by atoms with Crippen molar-refractivity contribution in [2.24, 2.45) is 11.7 Å². The monoisotopic (exact) mass is 352 g/mol. The smallest absolute Gasteiger partial charge is 0.235 e. The Hall–Kier alpha value is -1.89. The van der Waals surface area contributed by atoms with E-state index in [9.17, 15) is 9.59 Å². The number of nitrogens with zero attached hydrogens (tertiary/aromatic N) is 1. The van der Waals surface area contributed by atoms with Crippen LogP contribution < -0.4 is 15.2 Å². The minimum absolute atomic E-state index is 0.0812. The SMILES string of the molecule is COc1ccc(S[C@H](C)C(=O)N2CCC(C(N)=O)CC2)cc1OC. The maximum absolute atomic E-state index is 12.6. The Morgan fingerprint density at radius 3 is 2.38 bits per heavy atom. The van der Waals surface area contributed by atoms with Gasteiger partial charge >= 0.3 is 0 Å². The van der Waals surface area contributed by atoms with E-state index in [1.807, 2.05) is 30.0 Å². The summed E-state index contributed by atoms with van der Waals surface area (Å²) in [6, 6.07) is 5.61. The molecule has 2 rings (SSSR count). The molecule has 24 heavy (non-hydrogen) atoms. The van der Waals surface area contributed by atoms with Crippen LogP contribution in [-0.4, -0.2) is 49.3 Å². The van der Waals surface area contributed by atoms with Gasteiger partial charge in [0.05, 0.1) is 19.5 Å². The number of rotatable bonds is 6. The molecule has 6 nitrogen and oxygen atoms in total. The number of primary amides is 1. The number of benzene rings is 1. The maximum atomic E-state index is 12.6. The third kappa shape index (κ3) is 4.35. The molecular formula is C17H24N2O4S. The molecule has 1 aromatic rings. The van der Waals surface area contributed by atoms with Crippen molar-refractivity contribution in [2.75, 3.05) is 27.3 Å². The predicted octanol–water partition coefficient (Wildman–Crippen LogP) is 1.91. The molecule has 132 valence electrons. The van der Waals surface area contributed by atoms with Gasteiger partial charge in [-0.05, 0) is 38.0 Å². The third-order valence-corrected chi connectivity index (χ3v) is 5.31. The summed E-state index contributed by atoms with van der Waals surface area (Å²) in [6.45, 7) is 3.07. The van der Waals surface area contributed by atoms with E-state index in [2.05, 4.69) is 0 Å². The Bertz CT molecular complexity index is 600. The van der Waals surface area contributed by atoms with E-state index in [4.69, 9.17) is 15.2 Å². The highest BCUT2D eigenvalue weighted by atomic mass is 32.2. The summed E-state index contributed by atoms with van der Waals surface area (Å²) in [4.78, 5) is 26.6. The summed E-state index contributed by atoms with van der Waals surface area (Å²) in [5.74, 6) is 1.01. The lowest BCUT2D eigenvalue weighted by molar-refractivity contribution is -0.134. The van der Waals surface area contributed by atoms with Crippen LogP contribution in [0.2, 0.25) is 0 Å². The number of methoxy groups -OCH3 is 2. The van der Waals surface area contributed by atoms with Gasteiger partial charge in [0.25, 0.3) is 0 Å². The van der Waals surface area contributed by atoms with E-state index in [0.717, 1.165) is 4.90 Å². The van der Waals surface area contributed by atoms with Gasteiger partial charge in [-0.2, -0.15) is 0 Å². The second-order valence-corrected chi connectivity index (χ2v) is 7.19. The van der Waals surface area contributed by atoms with Gasteiger partial charge in [-0.25, -0.2) is 0 Å². The maximum Gasteiger partial charge on any atom is 0.235 e. The van der Waals surface area contributed by atoms with Gasteiger partial charge in [-0.15, -0.1) is 11.8 Å². The fraction of sp³-hybridized carbons (Fsp3) is 0.529. The van der Waals surface area contributed by atoms with Gasteiger partial charge in [-0.3, -0.25) is 9.59 Å². The van der Waals surface area contributed by atoms with Gasteiger partial charge in [-0.1, -0.05) is 0 Å². The quantitative estimate of drug-likeness (QED) is 0.791. The van der Waals surface area contributed by atoms with Crippen LogP contribution in [0.15, 0.2) is 23.1 Å². The van der Waals surface area contributed by atoms with Crippen molar-refractivity contribution in [3.63, 3.8) is 0 Å². The van der Waals surface area contributed by atoms with Gasteiger partial charge in [0.1, 0.15) is 0 Å². The molecule has 0 bridgehead atoms. The first-order valence-corrected chi connectivity index (χ1v) is 8.81. The zero-order valence-electron chi connectivity index (χ0n) is 14.3. The van der Waals surface area contributed by atoms with Crippen molar-refractivity contribution in [3.05, 3.63) is 18.2 Å². The van der Waals surface area contributed by atoms with Crippen LogP contribution in [0.4, 0.5) is 0 Å². The molecule has 1 heterocycles. The van der Waals surface area contributed by atoms with Crippen molar-refractivity contribution in [2.45, 2.75) is 29.9 Å². The molecule has 0 spiro atoms. The molecule has 7 heteroatoms. The van der Waals surface area contributed by atoms with Gasteiger partial charge in [0.15, 0.2) is 11.5 Å². The van der Waals surface area contributed by atoms with Gasteiger partial charge in [0.2, 0.25) is 11.8 Å². The Morgan fingerprint density at radius 2 is 1.83 bits per heavy atom. The third-order valence-electron chi connectivity index (χ3n) is 4.22. The minimum atomic E-state index is -0.269. The molecule has 1 atom stereocenters. The zero-order chi connectivity index (χ0) is 17.7. The van der Waals surface area contributed by atoms with Crippen LogP contribution >= 0.6 is 11.8 Å². The molecule has 0 aromatic heterocycles. The first-order valence-electron chi connectivity index (χ1n) is 7.93. The van der Waals surface area contributed by atoms with E-state index in [-0.39, 0.29) is 23.0 Å². The number of thioether (sulfide) groups is 1. The Balaban J connectivity index is 1.96. The topological polar surface area (TPSA) is 81.9 Å². The summed E-state index contributed by atoms with van der Waals surface area (Å²) < 4.78 is 10.5. The van der Waals surface area contributed by atoms with Crippen LogP contribution in [0.1, 0.15) is 19.8 Å². The fourth-order valence-corrected chi connectivity index (χ4v) is 3.77. The van der Waals surface area contributed by atoms with Crippen LogP contribution in [0.25, 0.3) is 0 Å². The summed E-state index contributed by atoms with van der Waals surface area (Å²) in [6.07, 6.45) is 1.30. The molecular weight excluding hydrogens is 328 g/mol. The zero-order valence-corrected chi connectivity index (χ0v) is 15.1. The molecule has 1 saturated heterocycles. The number of hydrogen-bond donors (Lipinski definition) is 1. The number of amides is 2. The van der Waals surface area contributed by atoms with Crippen LogP contribution in [0, 0.1) is 5.92 Å². The number of carbonyl (C=O) groups is 2. The summed E-state index contributed by atoms with van der Waals surface area (Å²) in [5, 5.41) is -0.215. The second-order valence-electron chi connectivity index (χ2n) is 5.78. The number of nitrogens with two attached hydrogens (primary N) is 1. The normalized spacial score (nSPS) is 16.5. The van der Waals surface area contributed by atoms with Crippen molar-refractivity contribution in [1.82, 2.24) is 4.90 Å². The molecule has 0 radical (unpaired) electrons. The first-order chi connectivity index (χ1) is 11.5. The predicted molar refractivity (Wildman–Crippen MR) is 93.4 cm³/mol. The van der Waals surface area contributed by atoms with Crippen LogP contribution in [-0.2, 0) is 9.59 Å². The molecule has 0 aliphatic carbocycles. The van der Waals surface area contributed by atoms with Crippen molar-refractivity contribution in [1.29, 1.82) is 0 Å². The molecule has 1 aliphatic heterocycles. The highest BCUT2D eigenvalue weighted by molar-refractivity contribution is 8.00. The summed E-state index contributed by atoms with van der Waals surface area (Å²) in [5.41, 5.74) is 5.33. The van der Waals surface area contributed by atoms with Crippen LogP contribution in [0.5, 0.6) is 11.5 Å². The van der Waals surface area contributed by atoms with E-state index in [1.165, 1.54) is 11.8 Å². The fourth-order valence-electron chi connectivity index (χ4n) is 2.79. The molecule has 0 saturated carbocycles. The van der Waals surface area contributed by atoms with Gasteiger partial charge < -0.3 is 20.1 Å². The van der Waals surface area contributed by atoms with Crippen molar-refractivity contribution < 1.29 is 19.1 Å². The Morgan fingerprint density at radius 1 is 1.21 bits per heavy atom. The highest BCUT2D eigenvalue weighted by Gasteiger charge is 2.28. The second kappa shape index (κ2) is 8.28. The molecule has 2 N–H and O–H groups in total. The molecule has 2 amide bonds. The number of piperidine rings is 1. The first kappa shape index (κ1) is 18.4. The minimum Gasteiger partial charge on any atom is -0.493 e. The molecule has 1 aliphatic rings. The lowest BCUT2D eigenvalue weighted by Gasteiger charge is -2.32. The number of hydrogen-bond acceptors (Lipinski definition) is 5. The Labute approximate surface area is 146 Å². The van der Waals surface area contributed by atoms with Crippen LogP contribution in [0.3, 0.4) is 0 Å². The van der Waals surface area contributed by atoms with E-state index in [1.54, 1.807) is 14.2 Å². The molecule has 1 fully saturated rings. The molecule has 0 unspecified atom stereocenters. The lowest BCUT2D eigenvalue weighted by Crippen LogP contribution is -2.44.